The normalized spacial score (nSPS) is 28.6. The highest BCUT2D eigenvalue weighted by Gasteiger charge is 2.47. The van der Waals surface area contributed by atoms with E-state index in [2.05, 4.69) is 12.1 Å². The lowest BCUT2D eigenvalue weighted by Gasteiger charge is -2.23. The van der Waals surface area contributed by atoms with Crippen molar-refractivity contribution < 1.29 is 8.42 Å². The summed E-state index contributed by atoms with van der Waals surface area (Å²) in [6, 6.07) is 10.1. The smallest absolute Gasteiger partial charge is 0.157 e. The fourth-order valence-corrected chi connectivity index (χ4v) is 6.58. The summed E-state index contributed by atoms with van der Waals surface area (Å²) in [7, 11) is -2.90. The zero-order valence-corrected chi connectivity index (χ0v) is 12.1. The number of thioether (sulfide) groups is 1. The molecule has 0 radical (unpaired) electrons. The first-order chi connectivity index (χ1) is 9.05. The molecule has 0 bridgehead atoms. The lowest BCUT2D eigenvalue weighted by atomic mass is 10.1. The van der Waals surface area contributed by atoms with Crippen LogP contribution in [0.1, 0.15) is 5.56 Å². The molecule has 0 amide bonds. The van der Waals surface area contributed by atoms with E-state index in [-0.39, 0.29) is 22.8 Å². The maximum absolute atomic E-state index is 11.7. The highest BCUT2D eigenvalue weighted by molar-refractivity contribution is 8.15. The van der Waals surface area contributed by atoms with Gasteiger partial charge in [-0.2, -0.15) is 0 Å². The molecule has 0 aliphatic carbocycles. The number of nitrogens with one attached hydrogen (secondary N) is 1. The highest BCUT2D eigenvalue weighted by atomic mass is 32.2. The third-order valence-corrected chi connectivity index (χ3v) is 6.85. The topological polar surface area (TPSA) is 61.2 Å². The first-order valence-electron chi connectivity index (χ1n) is 6.31. The van der Waals surface area contributed by atoms with Crippen LogP contribution in [0, 0.1) is 5.41 Å². The van der Waals surface area contributed by atoms with Gasteiger partial charge in [0.2, 0.25) is 0 Å². The molecule has 0 unspecified atom stereocenters. The Balaban J connectivity index is 1.69. The quantitative estimate of drug-likeness (QED) is 0.915. The van der Waals surface area contributed by atoms with Gasteiger partial charge in [-0.05, 0) is 12.0 Å². The van der Waals surface area contributed by atoms with E-state index in [0.717, 1.165) is 13.0 Å². The van der Waals surface area contributed by atoms with Crippen LogP contribution in [0.3, 0.4) is 0 Å². The third-order valence-electron chi connectivity index (χ3n) is 3.68. The molecule has 1 aromatic carbocycles. The Morgan fingerprint density at radius 3 is 2.74 bits per heavy atom. The van der Waals surface area contributed by atoms with Gasteiger partial charge in [0.15, 0.2) is 15.0 Å². The molecule has 4 nitrogen and oxygen atoms in total. The molecule has 19 heavy (non-hydrogen) atoms. The van der Waals surface area contributed by atoms with Crippen LogP contribution in [0.4, 0.5) is 0 Å². The summed E-state index contributed by atoms with van der Waals surface area (Å²) >= 11 is 1.41. The van der Waals surface area contributed by atoms with E-state index in [9.17, 15) is 8.42 Å². The molecule has 0 spiro atoms. The van der Waals surface area contributed by atoms with Gasteiger partial charge in [-0.3, -0.25) is 5.41 Å². The van der Waals surface area contributed by atoms with Crippen LogP contribution < -0.4 is 0 Å². The standard InChI is InChI=1S/C13H16N2O2S2/c14-13-15(7-6-10-4-2-1-3-5-10)11-8-19(16,17)9-12(11)18-13/h1-5,11-12,14H,6-9H2/t11-,12+/m1/s1. The van der Waals surface area contributed by atoms with Crippen molar-refractivity contribution in [2.24, 2.45) is 0 Å². The number of amidine groups is 1. The number of sulfone groups is 1. The average molecular weight is 296 g/mol. The Bertz CT molecular complexity index is 586. The molecule has 3 rings (SSSR count). The van der Waals surface area contributed by atoms with Crippen LogP contribution in [0.5, 0.6) is 0 Å². The van der Waals surface area contributed by atoms with Gasteiger partial charge in [0, 0.05) is 11.8 Å². The predicted octanol–water partition coefficient (Wildman–Crippen LogP) is 1.38. The fourth-order valence-electron chi connectivity index (χ4n) is 2.72. The van der Waals surface area contributed by atoms with Crippen LogP contribution in [0.15, 0.2) is 30.3 Å². The van der Waals surface area contributed by atoms with Crippen molar-refractivity contribution in [3.8, 4) is 0 Å². The van der Waals surface area contributed by atoms with Gasteiger partial charge in [0.05, 0.1) is 17.5 Å². The fraction of sp³-hybridized carbons (Fsp3) is 0.462. The second-order valence-electron chi connectivity index (χ2n) is 5.03. The van der Waals surface area contributed by atoms with Gasteiger partial charge in [-0.25, -0.2) is 8.42 Å². The van der Waals surface area contributed by atoms with Crippen molar-refractivity contribution >= 4 is 26.8 Å². The van der Waals surface area contributed by atoms with E-state index < -0.39 is 9.84 Å². The van der Waals surface area contributed by atoms with Gasteiger partial charge < -0.3 is 4.90 Å². The Morgan fingerprint density at radius 1 is 1.26 bits per heavy atom. The van der Waals surface area contributed by atoms with Crippen molar-refractivity contribution in [2.75, 3.05) is 18.1 Å². The van der Waals surface area contributed by atoms with Crippen molar-refractivity contribution in [1.82, 2.24) is 4.90 Å². The zero-order valence-electron chi connectivity index (χ0n) is 10.5. The van der Waals surface area contributed by atoms with E-state index in [1.807, 2.05) is 23.1 Å². The van der Waals surface area contributed by atoms with Crippen molar-refractivity contribution in [2.45, 2.75) is 17.7 Å². The summed E-state index contributed by atoms with van der Waals surface area (Å²) in [5, 5.41) is 8.58. The van der Waals surface area contributed by atoms with E-state index in [4.69, 9.17) is 5.41 Å². The van der Waals surface area contributed by atoms with Gasteiger partial charge in [0.25, 0.3) is 0 Å². The molecule has 0 aromatic heterocycles. The number of rotatable bonds is 3. The minimum Gasteiger partial charge on any atom is -0.346 e. The molecule has 1 aromatic rings. The molecular weight excluding hydrogens is 280 g/mol. The van der Waals surface area contributed by atoms with Crippen LogP contribution in [0.2, 0.25) is 0 Å². The van der Waals surface area contributed by atoms with E-state index in [1.165, 1.54) is 17.3 Å². The summed E-state index contributed by atoms with van der Waals surface area (Å²) < 4.78 is 23.3. The second-order valence-corrected chi connectivity index (χ2v) is 8.42. The number of benzene rings is 1. The van der Waals surface area contributed by atoms with Crippen LogP contribution in [-0.4, -0.2) is 47.8 Å². The number of fused-ring (bicyclic) bond motifs is 1. The Labute approximate surface area is 117 Å². The number of hydrogen-bond donors (Lipinski definition) is 1. The Kier molecular flexibility index (Phi) is 3.30. The van der Waals surface area contributed by atoms with E-state index >= 15 is 0 Å². The Morgan fingerprint density at radius 2 is 2.00 bits per heavy atom. The molecule has 2 atom stereocenters. The molecule has 2 fully saturated rings. The summed E-state index contributed by atoms with van der Waals surface area (Å²) in [6.45, 7) is 0.729. The SMILES string of the molecule is N=C1S[C@H]2CS(=O)(=O)C[C@H]2N1CCc1ccccc1. The van der Waals surface area contributed by atoms with Crippen LogP contribution in [0.25, 0.3) is 0 Å². The largest absolute Gasteiger partial charge is 0.346 e. The molecule has 2 aliphatic heterocycles. The molecule has 102 valence electrons. The lowest BCUT2D eigenvalue weighted by Crippen LogP contribution is -2.38. The molecule has 6 heteroatoms. The van der Waals surface area contributed by atoms with Gasteiger partial charge in [-0.15, -0.1) is 0 Å². The summed E-state index contributed by atoms with van der Waals surface area (Å²) in [5.74, 6) is 0.439. The Hall–Kier alpha value is -1.01. The van der Waals surface area contributed by atoms with Crippen molar-refractivity contribution in [3.63, 3.8) is 0 Å². The monoisotopic (exact) mass is 296 g/mol. The molecule has 2 aliphatic rings. The predicted molar refractivity (Wildman–Crippen MR) is 78.4 cm³/mol. The maximum Gasteiger partial charge on any atom is 0.157 e. The molecule has 2 heterocycles. The van der Waals surface area contributed by atoms with E-state index in [0.29, 0.717) is 5.17 Å². The second kappa shape index (κ2) is 4.83. The summed E-state index contributed by atoms with van der Waals surface area (Å²) in [4.78, 5) is 1.97. The summed E-state index contributed by atoms with van der Waals surface area (Å²) in [5.41, 5.74) is 1.23. The minimum absolute atomic E-state index is 0.00575. The summed E-state index contributed by atoms with van der Waals surface area (Å²) in [6.07, 6.45) is 0.854. The van der Waals surface area contributed by atoms with Gasteiger partial charge in [-0.1, -0.05) is 42.1 Å². The van der Waals surface area contributed by atoms with Crippen LogP contribution in [-0.2, 0) is 16.3 Å². The molecular formula is C13H16N2O2S2. The van der Waals surface area contributed by atoms with Crippen molar-refractivity contribution in [3.05, 3.63) is 35.9 Å². The third kappa shape index (κ3) is 2.65. The molecule has 1 N–H and O–H groups in total. The first-order valence-corrected chi connectivity index (χ1v) is 9.01. The average Bonchev–Trinajstić information content (AvgIpc) is 2.79. The van der Waals surface area contributed by atoms with Crippen LogP contribution >= 0.6 is 11.8 Å². The maximum atomic E-state index is 11.7. The highest BCUT2D eigenvalue weighted by Crippen LogP contribution is 2.37. The molecule has 2 saturated heterocycles. The van der Waals surface area contributed by atoms with Crippen molar-refractivity contribution in [1.29, 1.82) is 5.41 Å². The molecule has 0 saturated carbocycles. The number of nitrogens with zero attached hydrogens (tertiary/aromatic N) is 1. The minimum atomic E-state index is -2.90. The van der Waals surface area contributed by atoms with Gasteiger partial charge in [0.1, 0.15) is 0 Å². The zero-order chi connectivity index (χ0) is 13.5. The van der Waals surface area contributed by atoms with E-state index in [1.54, 1.807) is 0 Å². The first kappa shape index (κ1) is 13.0. The van der Waals surface area contributed by atoms with Gasteiger partial charge >= 0.3 is 0 Å². The lowest BCUT2D eigenvalue weighted by molar-refractivity contribution is 0.359. The number of hydrogen-bond acceptors (Lipinski definition) is 4.